The Morgan fingerprint density at radius 3 is 2.81 bits per heavy atom. The highest BCUT2D eigenvalue weighted by molar-refractivity contribution is 9.10. The largest absolute Gasteiger partial charge is 0.292 e. The maximum atomic E-state index is 12.5. The van der Waals surface area contributed by atoms with E-state index in [-0.39, 0.29) is 12.2 Å². The normalized spacial score (nSPS) is 11.0. The molecule has 0 unspecified atom stereocenters. The number of ketones is 1. The molecule has 0 fully saturated rings. The van der Waals surface area contributed by atoms with Crippen LogP contribution in [0, 0.1) is 0 Å². The Hall–Kier alpha value is -1.65. The van der Waals surface area contributed by atoms with Crippen molar-refractivity contribution < 1.29 is 4.79 Å². The molecule has 0 atom stereocenters. The lowest BCUT2D eigenvalue weighted by molar-refractivity contribution is 0.0989. The lowest BCUT2D eigenvalue weighted by Gasteiger charge is -2.03. The van der Waals surface area contributed by atoms with Crippen molar-refractivity contribution in [1.29, 1.82) is 0 Å². The minimum Gasteiger partial charge on any atom is -0.292 e. The fourth-order valence-corrected chi connectivity index (χ4v) is 3.08. The molecule has 0 bridgehead atoms. The molecule has 3 nitrogen and oxygen atoms in total. The van der Waals surface area contributed by atoms with Gasteiger partial charge in [0.05, 0.1) is 5.52 Å². The van der Waals surface area contributed by atoms with E-state index in [1.54, 1.807) is 10.7 Å². The maximum Gasteiger partial charge on any atom is 0.188 e. The van der Waals surface area contributed by atoms with Gasteiger partial charge in [0.25, 0.3) is 0 Å². The van der Waals surface area contributed by atoms with Gasteiger partial charge in [0.1, 0.15) is 5.69 Å². The fraction of sp³-hybridized carbons (Fsp3) is 0.125. The number of carbonyl (C=O) groups is 1. The van der Waals surface area contributed by atoms with Crippen molar-refractivity contribution in [2.75, 3.05) is 0 Å². The van der Waals surface area contributed by atoms with E-state index in [9.17, 15) is 4.79 Å². The Bertz CT molecular complexity index is 841. The number of aryl methyl sites for hydroxylation is 1. The number of benzene rings is 2. The number of aromatic nitrogens is 2. The molecule has 0 aliphatic carbocycles. The van der Waals surface area contributed by atoms with Crippen LogP contribution in [0.25, 0.3) is 10.9 Å². The average molecular weight is 364 g/mol. The monoisotopic (exact) mass is 362 g/mol. The summed E-state index contributed by atoms with van der Waals surface area (Å²) in [7, 11) is 1.84. The zero-order valence-electron chi connectivity index (χ0n) is 11.3. The van der Waals surface area contributed by atoms with E-state index in [4.69, 9.17) is 11.6 Å². The van der Waals surface area contributed by atoms with Crippen molar-refractivity contribution in [1.82, 2.24) is 9.78 Å². The third-order valence-electron chi connectivity index (χ3n) is 3.39. The summed E-state index contributed by atoms with van der Waals surface area (Å²) in [5, 5.41) is 5.80. The van der Waals surface area contributed by atoms with Crippen molar-refractivity contribution in [2.24, 2.45) is 7.05 Å². The molecule has 0 spiro atoms. The van der Waals surface area contributed by atoms with Crippen LogP contribution in [0.3, 0.4) is 0 Å². The Kier molecular flexibility index (Phi) is 3.83. The molecule has 2 aromatic carbocycles. The first kappa shape index (κ1) is 14.3. The lowest BCUT2D eigenvalue weighted by Crippen LogP contribution is -2.06. The average Bonchev–Trinajstić information content (AvgIpc) is 2.80. The van der Waals surface area contributed by atoms with Gasteiger partial charge in [-0.25, -0.2) is 0 Å². The third-order valence-corrected chi connectivity index (χ3v) is 4.23. The summed E-state index contributed by atoms with van der Waals surface area (Å²) in [5.74, 6) is -0.0315. The number of nitrogens with zero attached hydrogens (tertiary/aromatic N) is 2. The summed E-state index contributed by atoms with van der Waals surface area (Å²) in [5.41, 5.74) is 2.24. The summed E-state index contributed by atoms with van der Waals surface area (Å²) in [6.07, 6.45) is 0.243. The van der Waals surface area contributed by atoms with Crippen LogP contribution < -0.4 is 0 Å². The van der Waals surface area contributed by atoms with Crippen LogP contribution in [0.4, 0.5) is 0 Å². The summed E-state index contributed by atoms with van der Waals surface area (Å²) in [6, 6.07) is 13.2. The predicted octanol–water partition coefficient (Wildman–Crippen LogP) is 4.41. The first-order valence-corrected chi connectivity index (χ1v) is 7.62. The van der Waals surface area contributed by atoms with Crippen molar-refractivity contribution in [2.45, 2.75) is 6.42 Å². The number of hydrogen-bond acceptors (Lipinski definition) is 2. The molecule has 0 aliphatic heterocycles. The minimum absolute atomic E-state index is 0.0315. The van der Waals surface area contributed by atoms with Gasteiger partial charge < -0.3 is 0 Å². The molecule has 0 amide bonds. The molecular formula is C16H12BrClN2O. The smallest absolute Gasteiger partial charge is 0.188 e. The number of hydrogen-bond donors (Lipinski definition) is 0. The van der Waals surface area contributed by atoms with Crippen LogP contribution in [0.1, 0.15) is 16.1 Å². The van der Waals surface area contributed by atoms with Crippen LogP contribution in [0.5, 0.6) is 0 Å². The Morgan fingerprint density at radius 2 is 2.05 bits per heavy atom. The number of para-hydroxylation sites is 1. The number of Topliss-reactive ketones (excluding diaryl/α,β-unsaturated/α-hetero) is 1. The van der Waals surface area contributed by atoms with E-state index in [1.165, 1.54) is 0 Å². The molecule has 1 aromatic heterocycles. The van der Waals surface area contributed by atoms with Gasteiger partial charge in [0.15, 0.2) is 5.78 Å². The fourth-order valence-electron chi connectivity index (χ4n) is 2.34. The van der Waals surface area contributed by atoms with Gasteiger partial charge in [-0.2, -0.15) is 5.10 Å². The Balaban J connectivity index is 1.98. The van der Waals surface area contributed by atoms with Crippen LogP contribution in [0.15, 0.2) is 46.9 Å². The van der Waals surface area contributed by atoms with Gasteiger partial charge in [-0.3, -0.25) is 9.48 Å². The second-order valence-electron chi connectivity index (χ2n) is 4.83. The molecule has 0 saturated carbocycles. The molecule has 0 N–H and O–H groups in total. The molecule has 5 heteroatoms. The highest BCUT2D eigenvalue weighted by Crippen LogP contribution is 2.24. The van der Waals surface area contributed by atoms with Gasteiger partial charge in [0.2, 0.25) is 0 Å². The first-order chi connectivity index (χ1) is 10.1. The van der Waals surface area contributed by atoms with Gasteiger partial charge >= 0.3 is 0 Å². The van der Waals surface area contributed by atoms with Crippen molar-refractivity contribution in [3.05, 3.63) is 63.2 Å². The first-order valence-electron chi connectivity index (χ1n) is 6.45. The molecular weight excluding hydrogens is 352 g/mol. The van der Waals surface area contributed by atoms with E-state index in [0.717, 1.165) is 20.9 Å². The van der Waals surface area contributed by atoms with Crippen LogP contribution in [-0.2, 0) is 13.5 Å². The minimum atomic E-state index is -0.0315. The summed E-state index contributed by atoms with van der Waals surface area (Å²) < 4.78 is 2.62. The highest BCUT2D eigenvalue weighted by atomic mass is 79.9. The second kappa shape index (κ2) is 5.62. The molecule has 1 heterocycles. The standard InChI is InChI=1S/C16H12BrClN2O/c1-20-14-5-3-2-4-12(14)16(19-20)15(21)8-10-6-7-11(17)9-13(10)18/h2-7,9H,8H2,1H3. The van der Waals surface area contributed by atoms with Crippen LogP contribution in [-0.4, -0.2) is 15.6 Å². The zero-order valence-corrected chi connectivity index (χ0v) is 13.6. The predicted molar refractivity (Wildman–Crippen MR) is 87.9 cm³/mol. The molecule has 0 radical (unpaired) electrons. The van der Waals surface area contributed by atoms with E-state index >= 15 is 0 Å². The van der Waals surface area contributed by atoms with Crippen molar-refractivity contribution in [3.8, 4) is 0 Å². The summed E-state index contributed by atoms with van der Waals surface area (Å²) in [6.45, 7) is 0. The highest BCUT2D eigenvalue weighted by Gasteiger charge is 2.17. The zero-order chi connectivity index (χ0) is 15.0. The van der Waals surface area contributed by atoms with E-state index < -0.39 is 0 Å². The number of rotatable bonds is 3. The van der Waals surface area contributed by atoms with E-state index in [1.807, 2.05) is 43.4 Å². The molecule has 21 heavy (non-hydrogen) atoms. The van der Waals surface area contributed by atoms with Crippen molar-refractivity contribution in [3.63, 3.8) is 0 Å². The maximum absolute atomic E-state index is 12.5. The topological polar surface area (TPSA) is 34.9 Å². The SMILES string of the molecule is Cn1nc(C(=O)Cc2ccc(Br)cc2Cl)c2ccccc21. The third kappa shape index (κ3) is 2.74. The van der Waals surface area contributed by atoms with Gasteiger partial charge in [0, 0.05) is 28.4 Å². The van der Waals surface area contributed by atoms with E-state index in [2.05, 4.69) is 21.0 Å². The summed E-state index contributed by atoms with van der Waals surface area (Å²) in [4.78, 5) is 12.5. The Morgan fingerprint density at radius 1 is 1.29 bits per heavy atom. The number of fused-ring (bicyclic) bond motifs is 1. The molecule has 106 valence electrons. The number of carbonyl (C=O) groups excluding carboxylic acids is 1. The Labute approximate surface area is 135 Å². The molecule has 3 aromatic rings. The molecule has 0 saturated heterocycles. The lowest BCUT2D eigenvalue weighted by atomic mass is 10.0. The molecule has 3 rings (SSSR count). The van der Waals surface area contributed by atoms with Gasteiger partial charge in [-0.1, -0.05) is 51.8 Å². The quantitative estimate of drug-likeness (QED) is 0.646. The van der Waals surface area contributed by atoms with Gasteiger partial charge in [-0.05, 0) is 23.8 Å². The van der Waals surface area contributed by atoms with Crippen LogP contribution >= 0.6 is 27.5 Å². The van der Waals surface area contributed by atoms with Gasteiger partial charge in [-0.15, -0.1) is 0 Å². The van der Waals surface area contributed by atoms with Crippen LogP contribution in [0.2, 0.25) is 5.02 Å². The van der Waals surface area contributed by atoms with E-state index in [0.29, 0.717) is 10.7 Å². The van der Waals surface area contributed by atoms with Crippen molar-refractivity contribution >= 4 is 44.2 Å². The summed E-state index contributed by atoms with van der Waals surface area (Å²) >= 11 is 9.53. The number of halogens is 2. The molecule has 0 aliphatic rings. The second-order valence-corrected chi connectivity index (χ2v) is 6.15.